The summed E-state index contributed by atoms with van der Waals surface area (Å²) in [4.78, 5) is 13.9. The van der Waals surface area contributed by atoms with Gasteiger partial charge in [-0.15, -0.1) is 0 Å². The highest BCUT2D eigenvalue weighted by Crippen LogP contribution is 2.30. The maximum Gasteiger partial charge on any atom is 0.254 e. The van der Waals surface area contributed by atoms with Crippen molar-refractivity contribution in [3.05, 3.63) is 29.3 Å². The molecule has 0 spiro atoms. The third-order valence-corrected chi connectivity index (χ3v) is 3.38. The Morgan fingerprint density at radius 3 is 2.37 bits per heavy atom. The number of nitrogens with zero attached hydrogens (tertiary/aromatic N) is 1. The summed E-state index contributed by atoms with van der Waals surface area (Å²) in [6.07, 6.45) is 2.26. The molecule has 1 aromatic rings. The van der Waals surface area contributed by atoms with Crippen LogP contribution >= 0.6 is 0 Å². The monoisotopic (exact) mass is 268 g/mol. The van der Waals surface area contributed by atoms with Crippen LogP contribution in [0.3, 0.4) is 0 Å². The Hall–Kier alpha value is -1.65. The molecule has 2 rings (SSSR count). The van der Waals surface area contributed by atoms with E-state index in [2.05, 4.69) is 5.32 Å². The highest BCUT2D eigenvalue weighted by Gasteiger charge is 2.27. The van der Waals surface area contributed by atoms with Crippen LogP contribution in [0.5, 0.6) is 0 Å². The largest absolute Gasteiger partial charge is 0.383 e. The number of hydrogen-bond donors (Lipinski definition) is 1. The zero-order chi connectivity index (χ0) is 14.0. The third-order valence-electron chi connectivity index (χ3n) is 3.38. The van der Waals surface area contributed by atoms with Crippen LogP contribution in [0.4, 0.5) is 14.5 Å². The minimum atomic E-state index is -0.742. The van der Waals surface area contributed by atoms with Gasteiger partial charge in [-0.2, -0.15) is 0 Å². The predicted octanol–water partition coefficient (Wildman–Crippen LogP) is 2.88. The maximum absolute atomic E-state index is 13.6. The molecule has 19 heavy (non-hydrogen) atoms. The van der Waals surface area contributed by atoms with Gasteiger partial charge in [0.2, 0.25) is 0 Å². The number of rotatable bonds is 5. The van der Waals surface area contributed by atoms with Crippen LogP contribution < -0.4 is 5.32 Å². The van der Waals surface area contributed by atoms with Gasteiger partial charge >= 0.3 is 0 Å². The molecule has 104 valence electrons. The third kappa shape index (κ3) is 3.03. The van der Waals surface area contributed by atoms with Crippen molar-refractivity contribution in [2.45, 2.75) is 19.8 Å². The second-order valence-electron chi connectivity index (χ2n) is 4.85. The highest BCUT2D eigenvalue weighted by atomic mass is 19.1. The molecule has 0 saturated heterocycles. The number of benzene rings is 1. The van der Waals surface area contributed by atoms with Crippen molar-refractivity contribution < 1.29 is 13.6 Å². The summed E-state index contributed by atoms with van der Waals surface area (Å²) in [5.74, 6) is -1.24. The van der Waals surface area contributed by atoms with Crippen LogP contribution in [0, 0.1) is 17.6 Å². The summed E-state index contributed by atoms with van der Waals surface area (Å²) >= 11 is 0. The number of carbonyl (C=O) groups is 1. The fraction of sp³-hybridized carbons (Fsp3) is 0.500. The summed E-state index contributed by atoms with van der Waals surface area (Å²) < 4.78 is 27.3. The van der Waals surface area contributed by atoms with E-state index < -0.39 is 11.6 Å². The highest BCUT2D eigenvalue weighted by molar-refractivity contribution is 5.94. The number of hydrogen-bond acceptors (Lipinski definition) is 2. The van der Waals surface area contributed by atoms with Gasteiger partial charge < -0.3 is 10.2 Å². The summed E-state index contributed by atoms with van der Waals surface area (Å²) in [6.45, 7) is 3.09. The first-order valence-corrected chi connectivity index (χ1v) is 6.52. The summed E-state index contributed by atoms with van der Waals surface area (Å²) in [5, 5.41) is 2.44. The average Bonchev–Trinajstić information content (AvgIpc) is 3.18. The molecule has 1 amide bonds. The van der Waals surface area contributed by atoms with E-state index >= 15 is 0 Å². The quantitative estimate of drug-likeness (QED) is 0.890. The molecule has 5 heteroatoms. The van der Waals surface area contributed by atoms with Crippen molar-refractivity contribution in [3.8, 4) is 0 Å². The molecule has 1 saturated carbocycles. The van der Waals surface area contributed by atoms with Crippen molar-refractivity contribution in [2.24, 2.45) is 5.92 Å². The Labute approximate surface area is 111 Å². The predicted molar refractivity (Wildman–Crippen MR) is 70.2 cm³/mol. The van der Waals surface area contributed by atoms with Gasteiger partial charge in [0.25, 0.3) is 5.91 Å². The van der Waals surface area contributed by atoms with E-state index in [9.17, 15) is 13.6 Å². The lowest BCUT2D eigenvalue weighted by molar-refractivity contribution is 0.0756. The van der Waals surface area contributed by atoms with E-state index in [0.717, 1.165) is 25.0 Å². The van der Waals surface area contributed by atoms with E-state index in [4.69, 9.17) is 0 Å². The number of carbonyl (C=O) groups excluding carboxylic acids is 1. The second-order valence-corrected chi connectivity index (χ2v) is 4.85. The fourth-order valence-electron chi connectivity index (χ4n) is 2.09. The van der Waals surface area contributed by atoms with Gasteiger partial charge in [0.1, 0.15) is 17.3 Å². The lowest BCUT2D eigenvalue weighted by Crippen LogP contribution is -2.32. The minimum Gasteiger partial charge on any atom is -0.383 e. The van der Waals surface area contributed by atoms with Crippen molar-refractivity contribution in [1.82, 2.24) is 4.90 Å². The molecule has 1 fully saturated rings. The van der Waals surface area contributed by atoms with E-state index in [1.807, 2.05) is 6.92 Å². The van der Waals surface area contributed by atoms with Gasteiger partial charge in [-0.3, -0.25) is 4.79 Å². The molecule has 1 N–H and O–H groups in total. The Morgan fingerprint density at radius 1 is 1.37 bits per heavy atom. The SMILES string of the molecule is CCN(CC1CC1)C(=O)c1cc(F)c(NC)c(F)c1. The molecule has 3 nitrogen and oxygen atoms in total. The zero-order valence-corrected chi connectivity index (χ0v) is 11.2. The molecule has 0 aromatic heterocycles. The first-order valence-electron chi connectivity index (χ1n) is 6.52. The molecule has 0 radical (unpaired) electrons. The molecule has 1 aliphatic carbocycles. The van der Waals surface area contributed by atoms with Crippen molar-refractivity contribution in [2.75, 3.05) is 25.5 Å². The van der Waals surface area contributed by atoms with Gasteiger partial charge in [-0.25, -0.2) is 8.78 Å². The Balaban J connectivity index is 2.22. The van der Waals surface area contributed by atoms with Crippen molar-refractivity contribution in [1.29, 1.82) is 0 Å². The topological polar surface area (TPSA) is 32.3 Å². The van der Waals surface area contributed by atoms with E-state index in [-0.39, 0.29) is 17.2 Å². The number of amides is 1. The molecular formula is C14H18F2N2O. The first kappa shape index (κ1) is 13.8. The van der Waals surface area contributed by atoms with Crippen LogP contribution in [0.25, 0.3) is 0 Å². The van der Waals surface area contributed by atoms with Gasteiger partial charge in [0.05, 0.1) is 0 Å². The van der Waals surface area contributed by atoms with Crippen LogP contribution in [0.2, 0.25) is 0 Å². The lowest BCUT2D eigenvalue weighted by Gasteiger charge is -2.21. The van der Waals surface area contributed by atoms with Crippen LogP contribution in [0.1, 0.15) is 30.1 Å². The summed E-state index contributed by atoms with van der Waals surface area (Å²) in [5.41, 5.74) is -0.140. The standard InChI is InChI=1S/C14H18F2N2O/c1-3-18(8-9-4-5-9)14(19)10-6-11(15)13(17-2)12(16)7-10/h6-7,9,17H,3-5,8H2,1-2H3. The molecule has 0 aliphatic heterocycles. The van der Waals surface area contributed by atoms with Crippen LogP contribution in [-0.2, 0) is 0 Å². The van der Waals surface area contributed by atoms with Gasteiger partial charge in [0.15, 0.2) is 0 Å². The van der Waals surface area contributed by atoms with Crippen molar-refractivity contribution >= 4 is 11.6 Å². The summed E-state index contributed by atoms with van der Waals surface area (Å²) in [6, 6.07) is 2.18. The molecule has 0 unspecified atom stereocenters. The molecule has 0 atom stereocenters. The van der Waals surface area contributed by atoms with Crippen molar-refractivity contribution in [3.63, 3.8) is 0 Å². The van der Waals surface area contributed by atoms with Gasteiger partial charge in [-0.05, 0) is 37.8 Å². The average molecular weight is 268 g/mol. The summed E-state index contributed by atoms with van der Waals surface area (Å²) in [7, 11) is 1.44. The Kier molecular flexibility index (Phi) is 4.02. The Bertz CT molecular complexity index is 463. The van der Waals surface area contributed by atoms with Gasteiger partial charge in [-0.1, -0.05) is 0 Å². The fourth-order valence-corrected chi connectivity index (χ4v) is 2.09. The second kappa shape index (κ2) is 5.55. The molecule has 0 heterocycles. The van der Waals surface area contributed by atoms with Crippen LogP contribution in [0.15, 0.2) is 12.1 Å². The van der Waals surface area contributed by atoms with E-state index in [1.54, 1.807) is 4.90 Å². The number of nitrogens with one attached hydrogen (secondary N) is 1. The van der Waals surface area contributed by atoms with E-state index in [0.29, 0.717) is 19.0 Å². The smallest absolute Gasteiger partial charge is 0.254 e. The number of anilines is 1. The lowest BCUT2D eigenvalue weighted by atomic mass is 10.1. The molecular weight excluding hydrogens is 250 g/mol. The van der Waals surface area contributed by atoms with E-state index in [1.165, 1.54) is 7.05 Å². The van der Waals surface area contributed by atoms with Gasteiger partial charge in [0, 0.05) is 25.7 Å². The Morgan fingerprint density at radius 2 is 1.95 bits per heavy atom. The first-order chi connectivity index (χ1) is 9.06. The maximum atomic E-state index is 13.6. The normalized spacial score (nSPS) is 14.3. The molecule has 0 bridgehead atoms. The molecule has 1 aromatic carbocycles. The van der Waals surface area contributed by atoms with Crippen LogP contribution in [-0.4, -0.2) is 30.9 Å². The number of halogens is 2. The molecule has 1 aliphatic rings. The minimum absolute atomic E-state index is 0.0662. The zero-order valence-electron chi connectivity index (χ0n) is 11.2.